The summed E-state index contributed by atoms with van der Waals surface area (Å²) in [5, 5.41) is 0. The van der Waals surface area contributed by atoms with E-state index >= 15 is 0 Å². The van der Waals surface area contributed by atoms with Gasteiger partial charge in [0.2, 0.25) is 0 Å². The molecule has 0 aliphatic carbocycles. The van der Waals surface area contributed by atoms with Crippen molar-refractivity contribution < 1.29 is 37.0 Å². The van der Waals surface area contributed by atoms with E-state index in [-0.39, 0.29) is 0 Å². The molecule has 0 atom stereocenters. The summed E-state index contributed by atoms with van der Waals surface area (Å²) in [6.45, 7) is 46.6. The minimum atomic E-state index is -3.21. The Kier molecular flexibility index (Phi) is 14.5. The molecule has 248 valence electrons. The van der Waals surface area contributed by atoms with Crippen molar-refractivity contribution in [1.82, 2.24) is 0 Å². The van der Waals surface area contributed by atoms with E-state index < -0.39 is 85.1 Å². The van der Waals surface area contributed by atoms with Crippen LogP contribution in [-0.2, 0) is 37.0 Å². The Morgan fingerprint density at radius 1 is 0.195 bits per heavy atom. The Labute approximate surface area is 264 Å². The van der Waals surface area contributed by atoms with E-state index in [0.29, 0.717) is 0 Å². The fourth-order valence-corrected chi connectivity index (χ4v) is 52.7. The van der Waals surface area contributed by atoms with Crippen LogP contribution in [0.15, 0.2) is 0 Å². The quantitative estimate of drug-likeness (QED) is 0.128. The minimum Gasteiger partial charge on any atom is -0.437 e. The lowest BCUT2D eigenvalue weighted by Gasteiger charge is -2.45. The van der Waals surface area contributed by atoms with E-state index in [1.165, 1.54) is 0 Å². The van der Waals surface area contributed by atoms with Crippen LogP contribution in [0.25, 0.3) is 0 Å². The first-order valence-corrected chi connectivity index (χ1v) is 44.0. The van der Waals surface area contributed by atoms with Gasteiger partial charge in [-0.3, -0.25) is 0 Å². The van der Waals surface area contributed by atoms with Gasteiger partial charge in [-0.15, -0.1) is 0 Å². The molecule has 0 spiro atoms. The molecule has 0 unspecified atom stereocenters. The molecule has 0 aromatic heterocycles. The Bertz CT molecular complexity index is 790. The molecular weight excluding hydrogens is 689 g/mol. The van der Waals surface area contributed by atoms with Gasteiger partial charge in [-0.25, -0.2) is 0 Å². The summed E-state index contributed by atoms with van der Waals surface area (Å²) in [5.74, 6) is 0. The fraction of sp³-hybridized carbons (Fsp3) is 1.00. The molecule has 0 amide bonds. The molecule has 0 radical (unpaired) electrons. The van der Waals surface area contributed by atoms with Gasteiger partial charge in [0, 0.05) is 6.55 Å². The molecule has 0 aromatic rings. The Morgan fingerprint density at radius 3 is 0.561 bits per heavy atom. The minimum absolute atomic E-state index is 1.75. The van der Waals surface area contributed by atoms with Crippen molar-refractivity contribution in [3.8, 4) is 0 Å². The molecule has 19 heteroatoms. The molecule has 0 rings (SSSR count). The second kappa shape index (κ2) is 13.9. The monoisotopic (exact) mass is 754 g/mol. The van der Waals surface area contributed by atoms with Gasteiger partial charge in [0.1, 0.15) is 0 Å². The zero-order chi connectivity index (χ0) is 33.4. The zero-order valence-corrected chi connectivity index (χ0v) is 40.7. The Morgan fingerprint density at radius 2 is 0.366 bits per heavy atom. The summed E-state index contributed by atoms with van der Waals surface area (Å²) in [6, 6.07) is 0. The van der Waals surface area contributed by atoms with Crippen molar-refractivity contribution in [3.63, 3.8) is 0 Å². The molecular formula is C22H66O9Si10. The molecule has 0 fully saturated rings. The molecule has 0 heterocycles. The lowest BCUT2D eigenvalue weighted by atomic mass is 11.8. The third-order valence-electron chi connectivity index (χ3n) is 4.42. The van der Waals surface area contributed by atoms with Gasteiger partial charge in [0.15, 0.2) is 25.0 Å². The highest BCUT2D eigenvalue weighted by molar-refractivity contribution is 6.93. The molecule has 9 nitrogen and oxygen atoms in total. The second-order valence-electron chi connectivity index (χ2n) is 16.5. The molecule has 0 aliphatic rings. The van der Waals surface area contributed by atoms with Crippen molar-refractivity contribution >= 4 is 85.1 Å². The summed E-state index contributed by atoms with van der Waals surface area (Å²) in [6.07, 6.45) is 0. The predicted octanol–water partition coefficient (Wildman–Crippen LogP) is 8.42. The number of rotatable bonds is 18. The van der Waals surface area contributed by atoms with Crippen molar-refractivity contribution in [2.24, 2.45) is 0 Å². The van der Waals surface area contributed by atoms with E-state index in [9.17, 15) is 0 Å². The van der Waals surface area contributed by atoms with Gasteiger partial charge in [0.25, 0.3) is 0 Å². The maximum atomic E-state index is 6.87. The molecule has 0 aliphatic heterocycles. The summed E-state index contributed by atoms with van der Waals surface area (Å²) >= 11 is 0. The summed E-state index contributed by atoms with van der Waals surface area (Å²) < 4.78 is 60.1. The number of hydrogen-bond acceptors (Lipinski definition) is 9. The standard InChI is InChI=1S/C22H66O9Si10/c1-32(2,3)23-35(10,11)26-37(14,15)28-39(18,19)30-41(22,25-34(7,8)9)31-40(20,21)29-38(16,17)27-36(12,13)24-33(4,5)6/h1-22H3. The first kappa shape index (κ1) is 42.8. The van der Waals surface area contributed by atoms with Gasteiger partial charge in [-0.1, -0.05) is 0 Å². The molecule has 0 bridgehead atoms. The average Bonchev–Trinajstić information content (AvgIpc) is 2.37. The lowest BCUT2D eigenvalue weighted by Crippen LogP contribution is -2.65. The lowest BCUT2D eigenvalue weighted by molar-refractivity contribution is 0.202. The van der Waals surface area contributed by atoms with Crippen molar-refractivity contribution in [2.45, 2.75) is 144 Å². The van der Waals surface area contributed by atoms with E-state index in [0.717, 1.165) is 0 Å². The van der Waals surface area contributed by atoms with Crippen LogP contribution in [0.2, 0.25) is 144 Å². The van der Waals surface area contributed by atoms with Crippen molar-refractivity contribution in [3.05, 3.63) is 0 Å². The van der Waals surface area contributed by atoms with Crippen LogP contribution in [0.5, 0.6) is 0 Å². The van der Waals surface area contributed by atoms with Gasteiger partial charge in [-0.2, -0.15) is 0 Å². The summed E-state index contributed by atoms with van der Waals surface area (Å²) in [4.78, 5) is 0. The van der Waals surface area contributed by atoms with E-state index in [1.807, 2.05) is 6.55 Å². The van der Waals surface area contributed by atoms with Crippen LogP contribution < -0.4 is 0 Å². The van der Waals surface area contributed by atoms with E-state index in [2.05, 4.69) is 137 Å². The van der Waals surface area contributed by atoms with Gasteiger partial charge < -0.3 is 37.0 Å². The van der Waals surface area contributed by atoms with Gasteiger partial charge >= 0.3 is 60.2 Å². The zero-order valence-electron chi connectivity index (χ0n) is 30.7. The average molecular weight is 756 g/mol. The highest BCUT2D eigenvalue weighted by atomic mass is 28.5. The van der Waals surface area contributed by atoms with Crippen LogP contribution >= 0.6 is 0 Å². The predicted molar refractivity (Wildman–Crippen MR) is 196 cm³/mol. The van der Waals surface area contributed by atoms with E-state index in [1.54, 1.807) is 0 Å². The number of hydrogen-bond donors (Lipinski definition) is 0. The second-order valence-corrected chi connectivity index (χ2v) is 55.1. The third-order valence-corrected chi connectivity index (χ3v) is 39.8. The molecule has 0 saturated heterocycles. The van der Waals surface area contributed by atoms with Crippen LogP contribution in [-0.4, -0.2) is 85.1 Å². The fourth-order valence-electron chi connectivity index (χ4n) is 5.48. The Hall–Kier alpha value is 1.81. The summed E-state index contributed by atoms with van der Waals surface area (Å²) in [7, 11) is -24.3. The van der Waals surface area contributed by atoms with Crippen LogP contribution in [0.3, 0.4) is 0 Å². The maximum absolute atomic E-state index is 6.87. The van der Waals surface area contributed by atoms with Crippen LogP contribution in [0, 0.1) is 0 Å². The highest BCUT2D eigenvalue weighted by Gasteiger charge is 2.53. The van der Waals surface area contributed by atoms with Gasteiger partial charge in [0.05, 0.1) is 0 Å². The van der Waals surface area contributed by atoms with Gasteiger partial charge in [-0.05, 0) is 137 Å². The van der Waals surface area contributed by atoms with Crippen LogP contribution in [0.4, 0.5) is 0 Å². The largest absolute Gasteiger partial charge is 0.469 e. The van der Waals surface area contributed by atoms with Crippen molar-refractivity contribution in [1.29, 1.82) is 0 Å². The normalized spacial score (nSPS) is 16.0. The molecule has 41 heavy (non-hydrogen) atoms. The highest BCUT2D eigenvalue weighted by Crippen LogP contribution is 2.31. The Balaban J connectivity index is 5.95. The first-order chi connectivity index (χ1) is 17.4. The maximum Gasteiger partial charge on any atom is 0.469 e. The van der Waals surface area contributed by atoms with Crippen molar-refractivity contribution in [2.75, 3.05) is 0 Å². The van der Waals surface area contributed by atoms with Crippen LogP contribution in [0.1, 0.15) is 0 Å². The third kappa shape index (κ3) is 21.3. The SMILES string of the molecule is C[Si](C)(C)O[Si](C)(C)O[Si](C)(C)O[Si](C)(C)O[Si](C)(O[Si](C)(C)C)O[Si](C)(C)O[Si](C)(C)O[Si](C)(C)O[Si](C)(C)C. The first-order valence-electron chi connectivity index (χ1n) is 14.7. The molecule has 0 N–H and O–H groups in total. The topological polar surface area (TPSA) is 83.1 Å². The molecule has 0 saturated carbocycles. The van der Waals surface area contributed by atoms with E-state index in [4.69, 9.17) is 37.0 Å². The molecule has 0 aromatic carbocycles. The summed E-state index contributed by atoms with van der Waals surface area (Å²) in [5.41, 5.74) is 0. The smallest absolute Gasteiger partial charge is 0.437 e.